The van der Waals surface area contributed by atoms with Gasteiger partial charge in [0.25, 0.3) is 0 Å². The third kappa shape index (κ3) is 5.98. The number of aryl methyl sites for hydroxylation is 1. The van der Waals surface area contributed by atoms with Gasteiger partial charge in [-0.15, -0.1) is 0 Å². The molecule has 2 aliphatic rings. The molecule has 1 saturated carbocycles. The van der Waals surface area contributed by atoms with Crippen LogP contribution in [0.4, 0.5) is 10.5 Å². The van der Waals surface area contributed by atoms with Crippen LogP contribution in [0.1, 0.15) is 56.9 Å². The van der Waals surface area contributed by atoms with E-state index < -0.39 is 0 Å². The lowest BCUT2D eigenvalue weighted by molar-refractivity contribution is -0.122. The normalized spacial score (nSPS) is 18.5. The van der Waals surface area contributed by atoms with E-state index in [2.05, 4.69) is 10.6 Å². The highest BCUT2D eigenvalue weighted by Gasteiger charge is 2.23. The van der Waals surface area contributed by atoms with Crippen molar-refractivity contribution in [1.82, 2.24) is 10.2 Å². The van der Waals surface area contributed by atoms with Crippen LogP contribution in [0, 0.1) is 18.8 Å². The lowest BCUT2D eigenvalue weighted by Crippen LogP contribution is -2.41. The average molecular weight is 372 g/mol. The molecule has 0 atom stereocenters. The van der Waals surface area contributed by atoms with Crippen molar-refractivity contribution in [1.29, 1.82) is 0 Å². The van der Waals surface area contributed by atoms with Gasteiger partial charge in [-0.3, -0.25) is 4.79 Å². The van der Waals surface area contributed by atoms with E-state index in [-0.39, 0.29) is 11.9 Å². The predicted octanol–water partition coefficient (Wildman–Crippen LogP) is 4.33. The summed E-state index contributed by atoms with van der Waals surface area (Å²) in [6.07, 6.45) is 8.76. The fraction of sp³-hybridized carbons (Fsp3) is 0.636. The third-order valence-electron chi connectivity index (χ3n) is 6.11. The number of anilines is 1. The lowest BCUT2D eigenvalue weighted by Gasteiger charge is -2.32. The molecule has 0 spiro atoms. The number of rotatable bonds is 6. The third-order valence-corrected chi connectivity index (χ3v) is 6.11. The molecule has 0 radical (unpaired) electrons. The molecular formula is C22H33N3O2. The highest BCUT2D eigenvalue weighted by atomic mass is 16.2. The molecule has 5 nitrogen and oxygen atoms in total. The van der Waals surface area contributed by atoms with Gasteiger partial charge in [0.2, 0.25) is 5.91 Å². The second kappa shape index (κ2) is 9.77. The number of carbonyl (C=O) groups excluding carboxylic acids is 2. The minimum atomic E-state index is -0.00684. The number of benzene rings is 1. The fourth-order valence-electron chi connectivity index (χ4n) is 4.30. The molecule has 2 N–H and O–H groups in total. The van der Waals surface area contributed by atoms with Crippen molar-refractivity contribution in [2.24, 2.45) is 11.8 Å². The summed E-state index contributed by atoms with van der Waals surface area (Å²) in [5, 5.41) is 6.12. The van der Waals surface area contributed by atoms with E-state index in [1.807, 2.05) is 36.1 Å². The van der Waals surface area contributed by atoms with Crippen molar-refractivity contribution >= 4 is 17.6 Å². The van der Waals surface area contributed by atoms with Crippen molar-refractivity contribution in [3.63, 3.8) is 0 Å². The Morgan fingerprint density at radius 1 is 1.04 bits per heavy atom. The molecule has 1 aliphatic carbocycles. The van der Waals surface area contributed by atoms with E-state index in [4.69, 9.17) is 0 Å². The second-order valence-electron chi connectivity index (χ2n) is 8.17. The summed E-state index contributed by atoms with van der Waals surface area (Å²) < 4.78 is 0. The lowest BCUT2D eigenvalue weighted by atomic mass is 9.93. The van der Waals surface area contributed by atoms with Crippen LogP contribution in [0.3, 0.4) is 0 Å². The SMILES string of the molecule is Cc1ccccc1NC(=O)N1CCC(CCNC(=O)CC2CCCC2)CC1. The number of para-hydroxylation sites is 1. The Balaban J connectivity index is 1.32. The standard InChI is InChI=1S/C22H33N3O2/c1-17-6-2-5-9-20(17)24-22(27)25-14-11-18(12-15-25)10-13-23-21(26)16-19-7-3-4-8-19/h2,5-6,9,18-19H,3-4,7-8,10-16H2,1H3,(H,23,26)(H,24,27). The van der Waals surface area contributed by atoms with Gasteiger partial charge in [-0.1, -0.05) is 31.0 Å². The first kappa shape index (κ1) is 19.7. The van der Waals surface area contributed by atoms with Gasteiger partial charge in [0.1, 0.15) is 0 Å². The Bertz CT molecular complexity index is 632. The van der Waals surface area contributed by atoms with E-state index in [1.165, 1.54) is 25.7 Å². The Morgan fingerprint density at radius 3 is 2.44 bits per heavy atom. The van der Waals surface area contributed by atoms with Gasteiger partial charge in [-0.05, 0) is 62.5 Å². The topological polar surface area (TPSA) is 61.4 Å². The van der Waals surface area contributed by atoms with Crippen molar-refractivity contribution in [2.45, 2.75) is 58.3 Å². The van der Waals surface area contributed by atoms with Gasteiger partial charge in [-0.25, -0.2) is 4.79 Å². The van der Waals surface area contributed by atoms with Gasteiger partial charge < -0.3 is 15.5 Å². The number of hydrogen-bond acceptors (Lipinski definition) is 2. The summed E-state index contributed by atoms with van der Waals surface area (Å²) in [5.41, 5.74) is 1.96. The largest absolute Gasteiger partial charge is 0.356 e. The van der Waals surface area contributed by atoms with Crippen LogP contribution in [0.15, 0.2) is 24.3 Å². The van der Waals surface area contributed by atoms with E-state index >= 15 is 0 Å². The molecule has 1 aliphatic heterocycles. The Labute approximate surface area is 162 Å². The molecule has 1 heterocycles. The second-order valence-corrected chi connectivity index (χ2v) is 8.17. The van der Waals surface area contributed by atoms with E-state index in [0.717, 1.165) is 50.1 Å². The minimum Gasteiger partial charge on any atom is -0.356 e. The number of nitrogens with one attached hydrogen (secondary N) is 2. The number of carbonyl (C=O) groups is 2. The predicted molar refractivity (Wildman–Crippen MR) is 109 cm³/mol. The number of hydrogen-bond donors (Lipinski definition) is 2. The van der Waals surface area contributed by atoms with Crippen molar-refractivity contribution in [2.75, 3.05) is 25.0 Å². The smallest absolute Gasteiger partial charge is 0.321 e. The molecule has 5 heteroatoms. The summed E-state index contributed by atoms with van der Waals surface area (Å²) in [6.45, 7) is 4.35. The summed E-state index contributed by atoms with van der Waals surface area (Å²) in [7, 11) is 0. The molecule has 0 unspecified atom stereocenters. The van der Waals surface area contributed by atoms with Gasteiger partial charge in [0, 0.05) is 31.7 Å². The quantitative estimate of drug-likeness (QED) is 0.782. The summed E-state index contributed by atoms with van der Waals surface area (Å²) in [4.78, 5) is 26.4. The molecule has 1 aromatic rings. The van der Waals surface area contributed by atoms with E-state index in [1.54, 1.807) is 0 Å². The number of likely N-dealkylation sites (tertiary alicyclic amines) is 1. The van der Waals surface area contributed by atoms with Gasteiger partial charge in [-0.2, -0.15) is 0 Å². The number of nitrogens with zero attached hydrogens (tertiary/aromatic N) is 1. The van der Waals surface area contributed by atoms with Crippen LogP contribution in [-0.2, 0) is 4.79 Å². The fourth-order valence-corrected chi connectivity index (χ4v) is 4.30. The molecule has 3 rings (SSSR count). The first-order valence-corrected chi connectivity index (χ1v) is 10.5. The molecule has 1 aromatic carbocycles. The Morgan fingerprint density at radius 2 is 1.74 bits per heavy atom. The van der Waals surface area contributed by atoms with Crippen LogP contribution in [-0.4, -0.2) is 36.5 Å². The Kier molecular flexibility index (Phi) is 7.13. The van der Waals surface area contributed by atoms with Crippen molar-refractivity contribution < 1.29 is 9.59 Å². The van der Waals surface area contributed by atoms with Gasteiger partial charge >= 0.3 is 6.03 Å². The van der Waals surface area contributed by atoms with Crippen LogP contribution < -0.4 is 10.6 Å². The molecule has 27 heavy (non-hydrogen) atoms. The van der Waals surface area contributed by atoms with E-state index in [9.17, 15) is 9.59 Å². The number of amides is 3. The molecular weight excluding hydrogens is 338 g/mol. The molecule has 148 valence electrons. The summed E-state index contributed by atoms with van der Waals surface area (Å²) in [6, 6.07) is 7.85. The average Bonchev–Trinajstić information content (AvgIpc) is 3.17. The van der Waals surface area contributed by atoms with Crippen molar-refractivity contribution in [3.8, 4) is 0 Å². The zero-order chi connectivity index (χ0) is 19.1. The monoisotopic (exact) mass is 371 g/mol. The van der Waals surface area contributed by atoms with Crippen molar-refractivity contribution in [3.05, 3.63) is 29.8 Å². The highest BCUT2D eigenvalue weighted by Crippen LogP contribution is 2.27. The van der Waals surface area contributed by atoms with Gasteiger partial charge in [0.05, 0.1) is 0 Å². The molecule has 0 bridgehead atoms. The van der Waals surface area contributed by atoms with E-state index in [0.29, 0.717) is 18.3 Å². The van der Waals surface area contributed by atoms with Crippen LogP contribution in [0.5, 0.6) is 0 Å². The molecule has 0 aromatic heterocycles. The van der Waals surface area contributed by atoms with Crippen LogP contribution >= 0.6 is 0 Å². The summed E-state index contributed by atoms with van der Waals surface area (Å²) >= 11 is 0. The van der Waals surface area contributed by atoms with Crippen LogP contribution in [0.2, 0.25) is 0 Å². The number of urea groups is 1. The highest BCUT2D eigenvalue weighted by molar-refractivity contribution is 5.90. The molecule has 2 fully saturated rings. The maximum Gasteiger partial charge on any atom is 0.321 e. The van der Waals surface area contributed by atoms with Crippen LogP contribution in [0.25, 0.3) is 0 Å². The maximum absolute atomic E-state index is 12.5. The minimum absolute atomic E-state index is 0.00684. The Hall–Kier alpha value is -2.04. The maximum atomic E-state index is 12.5. The molecule has 3 amide bonds. The number of piperidine rings is 1. The van der Waals surface area contributed by atoms with Gasteiger partial charge in [0.15, 0.2) is 0 Å². The zero-order valence-corrected chi connectivity index (χ0v) is 16.5. The summed E-state index contributed by atoms with van der Waals surface area (Å²) in [5.74, 6) is 1.43. The molecule has 1 saturated heterocycles. The zero-order valence-electron chi connectivity index (χ0n) is 16.5. The first-order valence-electron chi connectivity index (χ1n) is 10.5. The first-order chi connectivity index (χ1) is 13.1.